The second-order valence-corrected chi connectivity index (χ2v) is 2.81. The fourth-order valence-electron chi connectivity index (χ4n) is 0.551. The summed E-state index contributed by atoms with van der Waals surface area (Å²) in [6.07, 6.45) is -1.11. The van der Waals surface area contributed by atoms with Crippen LogP contribution in [-0.4, -0.2) is 21.6 Å². The molecule has 82 valence electrons. The van der Waals surface area contributed by atoms with Gasteiger partial charge in [0.2, 0.25) is 0 Å². The van der Waals surface area contributed by atoms with E-state index in [1.165, 1.54) is 0 Å². The van der Waals surface area contributed by atoms with Crippen molar-refractivity contribution in [1.82, 2.24) is 0 Å². The van der Waals surface area contributed by atoms with Crippen LogP contribution in [0.5, 0.6) is 0 Å². The van der Waals surface area contributed by atoms with E-state index in [9.17, 15) is 13.2 Å². The van der Waals surface area contributed by atoms with Crippen molar-refractivity contribution >= 4 is 22.3 Å². The SMILES string of the molecule is COC(=O)N=S(=O)=O.Nc1ccccc1. The van der Waals surface area contributed by atoms with Crippen LogP contribution in [0.25, 0.3) is 0 Å². The van der Waals surface area contributed by atoms with E-state index in [4.69, 9.17) is 5.73 Å². The Bertz CT molecular complexity index is 419. The minimum atomic E-state index is -2.70. The maximum Gasteiger partial charge on any atom is 0.448 e. The zero-order valence-corrected chi connectivity index (χ0v) is 8.77. The number of nitrogens with zero attached hydrogens (tertiary/aromatic N) is 1. The molecule has 0 aliphatic carbocycles. The maximum absolute atomic E-state index is 9.84. The number of para-hydroxylation sites is 1. The number of nitrogens with two attached hydrogens (primary N) is 1. The van der Waals surface area contributed by atoms with E-state index in [-0.39, 0.29) is 0 Å². The van der Waals surface area contributed by atoms with Crippen molar-refractivity contribution in [2.24, 2.45) is 4.36 Å². The first-order valence-corrected chi connectivity index (χ1v) is 4.79. The number of carbonyl (C=O) groups is 1. The molecule has 0 saturated carbocycles. The molecule has 1 amide bonds. The van der Waals surface area contributed by atoms with E-state index in [1.807, 2.05) is 30.3 Å². The molecule has 7 heteroatoms. The van der Waals surface area contributed by atoms with Gasteiger partial charge in [0.15, 0.2) is 0 Å². The van der Waals surface area contributed by atoms with Gasteiger partial charge in [-0.3, -0.25) is 0 Å². The third kappa shape index (κ3) is 8.44. The minimum absolute atomic E-state index is 0.822. The lowest BCUT2D eigenvalue weighted by Crippen LogP contribution is -1.89. The molecule has 0 radical (unpaired) electrons. The van der Waals surface area contributed by atoms with Gasteiger partial charge < -0.3 is 10.5 Å². The number of carbonyl (C=O) groups excluding carboxylic acids is 1. The molecular formula is C8H10N2O4S. The van der Waals surface area contributed by atoms with Gasteiger partial charge in [0, 0.05) is 5.69 Å². The lowest BCUT2D eigenvalue weighted by atomic mass is 10.3. The van der Waals surface area contributed by atoms with E-state index in [1.54, 1.807) is 0 Å². The van der Waals surface area contributed by atoms with Crippen molar-refractivity contribution < 1.29 is 17.9 Å². The van der Waals surface area contributed by atoms with Crippen LogP contribution >= 0.6 is 0 Å². The lowest BCUT2D eigenvalue weighted by Gasteiger charge is -1.83. The molecule has 6 nitrogen and oxygen atoms in total. The van der Waals surface area contributed by atoms with Gasteiger partial charge in [-0.1, -0.05) is 22.6 Å². The third-order valence-corrected chi connectivity index (χ3v) is 1.42. The number of amides is 1. The standard InChI is InChI=1S/C6H7N.C2H3NO4S/c7-6-4-2-1-3-5-6;1-7-2(4)3-8(5)6/h1-5H,7H2;1H3. The molecule has 0 bridgehead atoms. The van der Waals surface area contributed by atoms with Gasteiger partial charge in [-0.25, -0.2) is 4.79 Å². The molecule has 0 fully saturated rings. The molecule has 1 aromatic carbocycles. The van der Waals surface area contributed by atoms with Crippen molar-refractivity contribution in [3.8, 4) is 0 Å². The highest BCUT2D eigenvalue weighted by Gasteiger charge is 1.91. The van der Waals surface area contributed by atoms with Crippen molar-refractivity contribution in [2.75, 3.05) is 12.8 Å². The lowest BCUT2D eigenvalue weighted by molar-refractivity contribution is 0.183. The molecule has 0 aliphatic rings. The Labute approximate surface area is 88.4 Å². The quantitative estimate of drug-likeness (QED) is 0.672. The molecule has 0 heterocycles. The van der Waals surface area contributed by atoms with Crippen LogP contribution in [-0.2, 0) is 15.2 Å². The fourth-order valence-corrected chi connectivity index (χ4v) is 0.747. The summed E-state index contributed by atoms with van der Waals surface area (Å²) in [6, 6.07) is 9.49. The molecule has 0 saturated heterocycles. The van der Waals surface area contributed by atoms with Gasteiger partial charge >= 0.3 is 16.6 Å². The zero-order chi connectivity index (χ0) is 11.7. The summed E-state index contributed by atoms with van der Waals surface area (Å²) in [6.45, 7) is 0. The van der Waals surface area contributed by atoms with Crippen LogP contribution in [0.3, 0.4) is 0 Å². The van der Waals surface area contributed by atoms with E-state index in [0.717, 1.165) is 12.8 Å². The summed E-state index contributed by atoms with van der Waals surface area (Å²) >= 11 is 0. The van der Waals surface area contributed by atoms with Crippen molar-refractivity contribution in [1.29, 1.82) is 0 Å². The molecule has 2 N–H and O–H groups in total. The van der Waals surface area contributed by atoms with E-state index in [0.29, 0.717) is 0 Å². The van der Waals surface area contributed by atoms with Gasteiger partial charge in [0.1, 0.15) is 0 Å². The minimum Gasteiger partial charge on any atom is -0.451 e. The zero-order valence-electron chi connectivity index (χ0n) is 7.95. The highest BCUT2D eigenvalue weighted by molar-refractivity contribution is 7.62. The van der Waals surface area contributed by atoms with Crippen molar-refractivity contribution in [3.63, 3.8) is 0 Å². The topological polar surface area (TPSA) is 98.8 Å². The number of hydrogen-bond acceptors (Lipinski definition) is 5. The van der Waals surface area contributed by atoms with Crippen LogP contribution in [0, 0.1) is 0 Å². The Morgan fingerprint density at radius 3 is 2.07 bits per heavy atom. The molecular weight excluding hydrogens is 220 g/mol. The Morgan fingerprint density at radius 1 is 1.33 bits per heavy atom. The number of hydrogen-bond donors (Lipinski definition) is 1. The number of rotatable bonds is 0. The second-order valence-electron chi connectivity index (χ2n) is 2.19. The average Bonchev–Trinajstić information content (AvgIpc) is 2.19. The summed E-state index contributed by atoms with van der Waals surface area (Å²) in [5.41, 5.74) is 6.18. The molecule has 15 heavy (non-hydrogen) atoms. The first-order chi connectivity index (χ1) is 7.06. The van der Waals surface area contributed by atoms with Gasteiger partial charge in [-0.15, -0.1) is 0 Å². The molecule has 0 aromatic heterocycles. The predicted octanol–water partition coefficient (Wildman–Crippen LogP) is 1.08. The Kier molecular flexibility index (Phi) is 6.56. The Hall–Kier alpha value is -1.89. The van der Waals surface area contributed by atoms with E-state index < -0.39 is 16.6 Å². The molecule has 0 unspecified atom stereocenters. The first-order valence-electron chi connectivity index (χ1n) is 3.76. The van der Waals surface area contributed by atoms with Crippen LogP contribution in [0.15, 0.2) is 34.7 Å². The van der Waals surface area contributed by atoms with Gasteiger partial charge in [0.25, 0.3) is 0 Å². The highest BCUT2D eigenvalue weighted by atomic mass is 32.2. The summed E-state index contributed by atoms with van der Waals surface area (Å²) in [5, 5.41) is 0. The molecule has 1 rings (SSSR count). The highest BCUT2D eigenvalue weighted by Crippen LogP contribution is 1.95. The predicted molar refractivity (Wildman–Crippen MR) is 54.6 cm³/mol. The van der Waals surface area contributed by atoms with Crippen molar-refractivity contribution in [2.45, 2.75) is 0 Å². The molecule has 1 aromatic rings. The number of nitrogen functional groups attached to an aromatic ring is 1. The number of ether oxygens (including phenoxy) is 1. The second kappa shape index (κ2) is 7.51. The Morgan fingerprint density at radius 2 is 1.87 bits per heavy atom. The first kappa shape index (κ1) is 13.1. The number of methoxy groups -OCH3 is 1. The largest absolute Gasteiger partial charge is 0.451 e. The van der Waals surface area contributed by atoms with Crippen LogP contribution in [0.1, 0.15) is 0 Å². The smallest absolute Gasteiger partial charge is 0.448 e. The fraction of sp³-hybridized carbons (Fsp3) is 0.125. The molecule has 0 aliphatic heterocycles. The molecule has 0 atom stereocenters. The third-order valence-electron chi connectivity index (χ3n) is 1.12. The van der Waals surface area contributed by atoms with Crippen LogP contribution in [0.4, 0.5) is 10.5 Å². The van der Waals surface area contributed by atoms with Gasteiger partial charge in [-0.2, -0.15) is 8.42 Å². The van der Waals surface area contributed by atoms with E-state index >= 15 is 0 Å². The van der Waals surface area contributed by atoms with Crippen molar-refractivity contribution in [3.05, 3.63) is 30.3 Å². The molecule has 0 spiro atoms. The Balaban J connectivity index is 0.000000262. The van der Waals surface area contributed by atoms with Crippen LogP contribution in [0.2, 0.25) is 0 Å². The maximum atomic E-state index is 9.84. The monoisotopic (exact) mass is 230 g/mol. The number of benzene rings is 1. The summed E-state index contributed by atoms with van der Waals surface area (Å²) < 4.78 is 25.3. The van der Waals surface area contributed by atoms with Crippen LogP contribution < -0.4 is 5.73 Å². The van der Waals surface area contributed by atoms with Gasteiger partial charge in [0.05, 0.1) is 7.11 Å². The summed E-state index contributed by atoms with van der Waals surface area (Å²) in [4.78, 5) is 9.84. The van der Waals surface area contributed by atoms with E-state index in [2.05, 4.69) is 9.10 Å². The normalized spacial score (nSPS) is 8.07. The van der Waals surface area contributed by atoms with Gasteiger partial charge in [-0.05, 0) is 12.1 Å². The summed E-state index contributed by atoms with van der Waals surface area (Å²) in [5.74, 6) is 0. The summed E-state index contributed by atoms with van der Waals surface area (Å²) in [7, 11) is -1.65. The number of anilines is 1. The average molecular weight is 230 g/mol.